The Hall–Kier alpha value is -3.19. The highest BCUT2D eigenvalue weighted by molar-refractivity contribution is 5.78. The van der Waals surface area contributed by atoms with Crippen molar-refractivity contribution in [3.05, 3.63) is 12.1 Å². The maximum atomic E-state index is 12.3. The Morgan fingerprint density at radius 2 is 1.58 bits per heavy atom. The van der Waals surface area contributed by atoms with Crippen molar-refractivity contribution in [2.24, 2.45) is 0 Å². The van der Waals surface area contributed by atoms with Gasteiger partial charge in [-0.2, -0.15) is 0 Å². The van der Waals surface area contributed by atoms with Gasteiger partial charge in [0.15, 0.2) is 0 Å². The lowest BCUT2D eigenvalue weighted by Gasteiger charge is -2.29. The minimum absolute atomic E-state index is 0.0464. The van der Waals surface area contributed by atoms with Gasteiger partial charge in [0.2, 0.25) is 11.8 Å². The van der Waals surface area contributed by atoms with Crippen molar-refractivity contribution in [1.82, 2.24) is 4.73 Å². The second kappa shape index (κ2) is 13.2. The molecule has 0 radical (unpaired) electrons. The van der Waals surface area contributed by atoms with Crippen molar-refractivity contribution >= 4 is 17.9 Å². The summed E-state index contributed by atoms with van der Waals surface area (Å²) in [6.45, 7) is 7.04. The summed E-state index contributed by atoms with van der Waals surface area (Å²) in [5, 5.41) is 19.1. The third-order valence-electron chi connectivity index (χ3n) is 5.52. The molecule has 1 heterocycles. The smallest absolute Gasteiger partial charge is 0.336 e. The van der Waals surface area contributed by atoms with Crippen LogP contribution >= 0.6 is 0 Å². The summed E-state index contributed by atoms with van der Waals surface area (Å²) >= 11 is 0. The van der Waals surface area contributed by atoms with Crippen molar-refractivity contribution in [3.63, 3.8) is 0 Å². The molecule has 2 rings (SSSR count). The van der Waals surface area contributed by atoms with Crippen LogP contribution in [-0.4, -0.2) is 56.8 Å². The third-order valence-corrected chi connectivity index (χ3v) is 5.52. The van der Waals surface area contributed by atoms with Crippen LogP contribution in [0.1, 0.15) is 85.5 Å². The topological polar surface area (TPSA) is 134 Å². The fourth-order valence-corrected chi connectivity index (χ4v) is 3.55. The molecule has 0 saturated carbocycles. The number of hydrogen-bond acceptors (Lipinski definition) is 9. The highest BCUT2D eigenvalue weighted by Gasteiger charge is 2.28. The fourth-order valence-electron chi connectivity index (χ4n) is 3.55. The molecule has 10 heteroatoms. The zero-order chi connectivity index (χ0) is 26.8. The lowest BCUT2D eigenvalue weighted by Crippen LogP contribution is -2.35. The number of nitrogens with zero attached hydrogens (tertiary/aromatic N) is 1. The molecule has 0 fully saturated rings. The Bertz CT molecular complexity index is 948. The Balaban J connectivity index is 1.68. The molecule has 36 heavy (non-hydrogen) atoms. The average Bonchev–Trinajstić information content (AvgIpc) is 3.05. The van der Waals surface area contributed by atoms with E-state index in [4.69, 9.17) is 19.0 Å². The van der Waals surface area contributed by atoms with Crippen molar-refractivity contribution in [2.75, 3.05) is 6.61 Å². The van der Waals surface area contributed by atoms with Gasteiger partial charge in [0.1, 0.15) is 11.7 Å². The molecular weight excluding hydrogens is 470 g/mol. The minimum Gasteiger partial charge on any atom is -0.492 e. The van der Waals surface area contributed by atoms with E-state index in [9.17, 15) is 24.6 Å². The van der Waals surface area contributed by atoms with Crippen molar-refractivity contribution in [2.45, 2.75) is 103 Å². The molecule has 0 amide bonds. The molecule has 1 aliphatic rings. The van der Waals surface area contributed by atoms with E-state index in [1.807, 2.05) is 0 Å². The molecular formula is C26H37NO9. The minimum atomic E-state index is -0.915. The van der Waals surface area contributed by atoms with Crippen LogP contribution in [0.5, 0.6) is 11.8 Å². The Kier molecular flexibility index (Phi) is 10.7. The summed E-state index contributed by atoms with van der Waals surface area (Å²) in [4.78, 5) is 41.5. The third kappa shape index (κ3) is 10.6. The van der Waals surface area contributed by atoms with Gasteiger partial charge >= 0.3 is 17.9 Å². The molecule has 0 spiro atoms. The molecule has 1 aromatic rings. The van der Waals surface area contributed by atoms with Crippen LogP contribution in [0.25, 0.3) is 0 Å². The number of hydrogen-bond donors (Lipinski definition) is 2. The first-order chi connectivity index (χ1) is 16.9. The van der Waals surface area contributed by atoms with Gasteiger partial charge in [0, 0.05) is 31.4 Å². The van der Waals surface area contributed by atoms with Crippen molar-refractivity contribution < 1.29 is 43.6 Å². The zero-order valence-electron chi connectivity index (χ0n) is 21.5. The van der Waals surface area contributed by atoms with E-state index in [0.29, 0.717) is 24.0 Å². The van der Waals surface area contributed by atoms with E-state index in [1.54, 1.807) is 27.7 Å². The zero-order valence-corrected chi connectivity index (χ0v) is 21.5. The first-order valence-corrected chi connectivity index (χ1v) is 12.2. The molecule has 0 saturated heterocycles. The number of ether oxygens (including phenoxy) is 3. The van der Waals surface area contributed by atoms with Gasteiger partial charge in [-0.15, -0.1) is 16.6 Å². The van der Waals surface area contributed by atoms with Crippen LogP contribution in [0.2, 0.25) is 0 Å². The van der Waals surface area contributed by atoms with Gasteiger partial charge in [-0.25, -0.2) is 4.79 Å². The van der Waals surface area contributed by atoms with E-state index >= 15 is 0 Å². The van der Waals surface area contributed by atoms with Crippen molar-refractivity contribution in [3.8, 4) is 23.6 Å². The van der Waals surface area contributed by atoms with Gasteiger partial charge in [-0.05, 0) is 47.0 Å². The van der Waals surface area contributed by atoms with Gasteiger partial charge in [-0.3, -0.25) is 9.59 Å². The van der Waals surface area contributed by atoms with Gasteiger partial charge in [-0.1, -0.05) is 0 Å². The second-order valence-corrected chi connectivity index (χ2v) is 9.97. The molecule has 0 aromatic carbocycles. The summed E-state index contributed by atoms with van der Waals surface area (Å²) < 4.78 is 17.4. The number of aromatic hydroxyl groups is 2. The molecule has 1 atom stereocenters. The number of esters is 2. The van der Waals surface area contributed by atoms with E-state index in [1.165, 1.54) is 12.1 Å². The molecule has 200 valence electrons. The predicted octanol–water partition coefficient (Wildman–Crippen LogP) is 3.41. The summed E-state index contributed by atoms with van der Waals surface area (Å²) in [6, 6.07) is 2.37. The quantitative estimate of drug-likeness (QED) is 0.322. The lowest BCUT2D eigenvalue weighted by molar-refractivity contribution is -0.163. The largest absolute Gasteiger partial charge is 0.492 e. The number of aromatic nitrogens is 1. The highest BCUT2D eigenvalue weighted by Crippen LogP contribution is 2.23. The van der Waals surface area contributed by atoms with E-state index in [2.05, 4.69) is 11.8 Å². The first-order valence-electron chi connectivity index (χ1n) is 12.2. The summed E-state index contributed by atoms with van der Waals surface area (Å²) in [5.41, 5.74) is -1.76. The molecule has 10 nitrogen and oxygen atoms in total. The van der Waals surface area contributed by atoms with Crippen LogP contribution < -0.4 is 4.84 Å². The van der Waals surface area contributed by atoms with Gasteiger partial charge in [0.05, 0.1) is 31.5 Å². The molecule has 1 unspecified atom stereocenters. The second-order valence-electron chi connectivity index (χ2n) is 9.97. The normalized spacial score (nSPS) is 16.2. The monoisotopic (exact) mass is 507 g/mol. The lowest BCUT2D eigenvalue weighted by atomic mass is 10.0. The van der Waals surface area contributed by atoms with Crippen LogP contribution in [-0.2, 0) is 28.6 Å². The van der Waals surface area contributed by atoms with Crippen LogP contribution in [0.4, 0.5) is 0 Å². The first kappa shape index (κ1) is 29.0. The van der Waals surface area contributed by atoms with Crippen molar-refractivity contribution in [1.29, 1.82) is 0 Å². The number of rotatable bonds is 12. The van der Waals surface area contributed by atoms with E-state index in [-0.39, 0.29) is 32.0 Å². The predicted molar refractivity (Wildman–Crippen MR) is 129 cm³/mol. The Labute approximate surface area is 211 Å². The Morgan fingerprint density at radius 1 is 0.944 bits per heavy atom. The van der Waals surface area contributed by atoms with Gasteiger partial charge < -0.3 is 29.3 Å². The van der Waals surface area contributed by atoms with E-state index in [0.717, 1.165) is 19.3 Å². The molecule has 1 aliphatic carbocycles. The molecule has 1 aromatic heterocycles. The van der Waals surface area contributed by atoms with E-state index < -0.39 is 40.9 Å². The number of carbonyl (C=O) groups is 3. The summed E-state index contributed by atoms with van der Waals surface area (Å²) in [6.07, 6.45) is 3.81. The fraction of sp³-hybridized carbons (Fsp3) is 0.654. The molecule has 0 bridgehead atoms. The highest BCUT2D eigenvalue weighted by atomic mass is 16.7. The molecule has 2 N–H and O–H groups in total. The SMILES string of the molecule is CC(C)(CC(=O)On1c(O)ccc1O)OCCC(C)(C)OC(=O)CCC(=O)OC1CCC#CCCC1. The summed E-state index contributed by atoms with van der Waals surface area (Å²) in [7, 11) is 0. The van der Waals surface area contributed by atoms with Gasteiger partial charge in [0.25, 0.3) is 0 Å². The van der Waals surface area contributed by atoms with Crippen LogP contribution in [0.3, 0.4) is 0 Å². The Morgan fingerprint density at radius 3 is 2.28 bits per heavy atom. The standard InChI is InChI=1S/C26H37NO9/c1-25(2,35-23(31)15-14-22(30)34-19-10-8-6-5-7-9-11-19)16-17-33-26(3,4)18-24(32)36-27-20(28)12-13-21(27)29/h12-13,19,28-29H,6,8-11,14-18H2,1-4H3. The summed E-state index contributed by atoms with van der Waals surface area (Å²) in [5.74, 6) is 3.66. The van der Waals surface area contributed by atoms with Crippen LogP contribution in [0, 0.1) is 11.8 Å². The maximum Gasteiger partial charge on any atom is 0.336 e. The number of carbonyl (C=O) groups excluding carboxylic acids is 3. The maximum absolute atomic E-state index is 12.3. The van der Waals surface area contributed by atoms with Crippen LogP contribution in [0.15, 0.2) is 12.1 Å². The molecule has 0 aliphatic heterocycles. The average molecular weight is 508 g/mol.